The smallest absolute Gasteiger partial charge is 0.136 e. The molecule has 0 saturated heterocycles. The fraction of sp³-hybridized carbons (Fsp3) is 0.692. The third-order valence-corrected chi connectivity index (χ3v) is 3.70. The number of hydrogen-bond donors (Lipinski definition) is 0. The molecule has 0 bridgehead atoms. The number of nitriles is 2. The summed E-state index contributed by atoms with van der Waals surface area (Å²) in [5, 5.41) is 18.0. The van der Waals surface area contributed by atoms with E-state index in [4.69, 9.17) is 10.5 Å². The maximum absolute atomic E-state index is 8.98. The van der Waals surface area contributed by atoms with Gasteiger partial charge in [-0.2, -0.15) is 10.5 Å². The van der Waals surface area contributed by atoms with Gasteiger partial charge in [0.1, 0.15) is 5.92 Å². The highest BCUT2D eigenvalue weighted by Crippen LogP contribution is 2.47. The Morgan fingerprint density at radius 3 is 2.67 bits per heavy atom. The van der Waals surface area contributed by atoms with Crippen LogP contribution in [0.25, 0.3) is 0 Å². The van der Waals surface area contributed by atoms with Crippen molar-refractivity contribution in [3.05, 3.63) is 12.7 Å². The minimum atomic E-state index is -0.449. The van der Waals surface area contributed by atoms with Gasteiger partial charge >= 0.3 is 0 Å². The van der Waals surface area contributed by atoms with E-state index in [2.05, 4.69) is 25.6 Å². The van der Waals surface area contributed by atoms with E-state index in [0.717, 1.165) is 25.7 Å². The van der Waals surface area contributed by atoms with E-state index in [1.54, 1.807) is 0 Å². The fourth-order valence-corrected chi connectivity index (χ4v) is 2.79. The van der Waals surface area contributed by atoms with E-state index >= 15 is 0 Å². The minimum Gasteiger partial charge on any atom is -0.197 e. The van der Waals surface area contributed by atoms with E-state index in [-0.39, 0.29) is 11.3 Å². The summed E-state index contributed by atoms with van der Waals surface area (Å²) in [4.78, 5) is 0. The Labute approximate surface area is 92.2 Å². The molecule has 15 heavy (non-hydrogen) atoms. The highest BCUT2D eigenvalue weighted by atomic mass is 14.5. The molecule has 0 heterocycles. The molecule has 0 aromatic rings. The van der Waals surface area contributed by atoms with Gasteiger partial charge in [-0.3, -0.25) is 0 Å². The zero-order chi connectivity index (χ0) is 11.3. The zero-order valence-electron chi connectivity index (χ0n) is 9.37. The first-order valence-electron chi connectivity index (χ1n) is 5.58. The maximum Gasteiger partial charge on any atom is 0.136 e. The third kappa shape index (κ3) is 2.39. The molecule has 0 aliphatic heterocycles. The van der Waals surface area contributed by atoms with E-state index < -0.39 is 5.92 Å². The Bertz CT molecular complexity index is 293. The first-order chi connectivity index (χ1) is 7.18. The molecule has 1 saturated carbocycles. The Balaban J connectivity index is 2.88. The predicted molar refractivity (Wildman–Crippen MR) is 59.6 cm³/mol. The van der Waals surface area contributed by atoms with Crippen LogP contribution in [-0.4, -0.2) is 0 Å². The maximum atomic E-state index is 8.98. The van der Waals surface area contributed by atoms with Gasteiger partial charge in [0.25, 0.3) is 0 Å². The van der Waals surface area contributed by atoms with Gasteiger partial charge in [0, 0.05) is 0 Å². The lowest BCUT2D eigenvalue weighted by Gasteiger charge is -2.41. The van der Waals surface area contributed by atoms with Crippen molar-refractivity contribution >= 4 is 0 Å². The van der Waals surface area contributed by atoms with E-state index in [1.165, 1.54) is 6.42 Å². The van der Waals surface area contributed by atoms with Crippen molar-refractivity contribution in [2.24, 2.45) is 17.3 Å². The van der Waals surface area contributed by atoms with Crippen LogP contribution < -0.4 is 0 Å². The van der Waals surface area contributed by atoms with Crippen molar-refractivity contribution < 1.29 is 0 Å². The monoisotopic (exact) mass is 202 g/mol. The van der Waals surface area contributed by atoms with Gasteiger partial charge in [-0.05, 0) is 30.6 Å². The second-order valence-electron chi connectivity index (χ2n) is 4.73. The number of nitrogens with zero attached hydrogens (tertiary/aromatic N) is 2. The molecule has 0 N–H and O–H groups in total. The highest BCUT2D eigenvalue weighted by molar-refractivity contribution is 5.08. The molecule has 0 aromatic carbocycles. The molecule has 80 valence electrons. The van der Waals surface area contributed by atoms with Gasteiger partial charge in [-0.1, -0.05) is 25.8 Å². The van der Waals surface area contributed by atoms with Crippen LogP contribution in [0.5, 0.6) is 0 Å². The highest BCUT2D eigenvalue weighted by Gasteiger charge is 2.40. The van der Waals surface area contributed by atoms with Crippen LogP contribution in [0, 0.1) is 39.9 Å². The molecular formula is C13H18N2. The van der Waals surface area contributed by atoms with Crippen molar-refractivity contribution in [3.8, 4) is 12.1 Å². The number of hydrogen-bond acceptors (Lipinski definition) is 2. The van der Waals surface area contributed by atoms with Gasteiger partial charge in [-0.15, -0.1) is 6.58 Å². The van der Waals surface area contributed by atoms with Crippen molar-refractivity contribution in [3.63, 3.8) is 0 Å². The molecule has 2 nitrogen and oxygen atoms in total. The SMILES string of the molecule is C=CC[C@@]1(C)CCCC[C@@H]1C(C#N)C#N. The first-order valence-corrected chi connectivity index (χ1v) is 5.58. The van der Waals surface area contributed by atoms with Crippen LogP contribution in [0.3, 0.4) is 0 Å². The summed E-state index contributed by atoms with van der Waals surface area (Å²) in [7, 11) is 0. The summed E-state index contributed by atoms with van der Waals surface area (Å²) < 4.78 is 0. The standard InChI is InChI=1S/C13H18N2/c1-3-7-13(2)8-5-4-6-12(13)11(9-14)10-15/h3,11-12H,1,4-8H2,2H3/t12-,13+/m1/s1. The Morgan fingerprint density at radius 2 is 2.13 bits per heavy atom. The second-order valence-corrected chi connectivity index (χ2v) is 4.73. The lowest BCUT2D eigenvalue weighted by molar-refractivity contribution is 0.102. The molecular weight excluding hydrogens is 184 g/mol. The summed E-state index contributed by atoms with van der Waals surface area (Å²) in [6.07, 6.45) is 7.32. The first kappa shape index (κ1) is 11.8. The average molecular weight is 202 g/mol. The van der Waals surface area contributed by atoms with Crippen LogP contribution in [0.15, 0.2) is 12.7 Å². The lowest BCUT2D eigenvalue weighted by atomic mass is 9.62. The van der Waals surface area contributed by atoms with Crippen molar-refractivity contribution in [1.29, 1.82) is 10.5 Å². The van der Waals surface area contributed by atoms with Gasteiger partial charge in [-0.25, -0.2) is 0 Å². The van der Waals surface area contributed by atoms with Crippen LogP contribution in [0.1, 0.15) is 39.0 Å². The normalized spacial score (nSPS) is 30.5. The Morgan fingerprint density at radius 1 is 1.47 bits per heavy atom. The molecule has 1 rings (SSSR count). The Kier molecular flexibility index (Phi) is 3.92. The largest absolute Gasteiger partial charge is 0.197 e. The molecule has 1 aliphatic rings. The molecule has 0 radical (unpaired) electrons. The quantitative estimate of drug-likeness (QED) is 0.658. The van der Waals surface area contributed by atoms with Gasteiger partial charge < -0.3 is 0 Å². The molecule has 0 aromatic heterocycles. The second kappa shape index (κ2) is 4.99. The summed E-state index contributed by atoms with van der Waals surface area (Å²) in [6.45, 7) is 5.97. The van der Waals surface area contributed by atoms with E-state index in [9.17, 15) is 0 Å². The molecule has 2 atom stereocenters. The molecule has 0 amide bonds. The molecule has 2 heteroatoms. The number of allylic oxidation sites excluding steroid dienone is 1. The number of rotatable bonds is 3. The zero-order valence-corrected chi connectivity index (χ0v) is 9.37. The van der Waals surface area contributed by atoms with Crippen molar-refractivity contribution in [1.82, 2.24) is 0 Å². The molecule has 1 aliphatic carbocycles. The molecule has 0 unspecified atom stereocenters. The topological polar surface area (TPSA) is 47.6 Å². The Hall–Kier alpha value is -1.28. The van der Waals surface area contributed by atoms with Gasteiger partial charge in [0.05, 0.1) is 12.1 Å². The minimum absolute atomic E-state index is 0.107. The van der Waals surface area contributed by atoms with Gasteiger partial charge in [0.2, 0.25) is 0 Å². The van der Waals surface area contributed by atoms with Crippen LogP contribution in [0.4, 0.5) is 0 Å². The summed E-state index contributed by atoms with van der Waals surface area (Å²) in [5.41, 5.74) is 0.107. The third-order valence-electron chi connectivity index (χ3n) is 3.70. The fourth-order valence-electron chi connectivity index (χ4n) is 2.79. The van der Waals surface area contributed by atoms with Crippen LogP contribution in [0.2, 0.25) is 0 Å². The summed E-state index contributed by atoms with van der Waals surface area (Å²) >= 11 is 0. The molecule has 0 spiro atoms. The lowest BCUT2D eigenvalue weighted by Crippen LogP contribution is -2.34. The van der Waals surface area contributed by atoms with E-state index in [0.29, 0.717) is 0 Å². The van der Waals surface area contributed by atoms with Crippen LogP contribution in [-0.2, 0) is 0 Å². The van der Waals surface area contributed by atoms with Crippen molar-refractivity contribution in [2.45, 2.75) is 39.0 Å². The average Bonchev–Trinajstić information content (AvgIpc) is 2.23. The van der Waals surface area contributed by atoms with Crippen LogP contribution >= 0.6 is 0 Å². The predicted octanol–water partition coefficient (Wildman–Crippen LogP) is 3.42. The van der Waals surface area contributed by atoms with Crippen molar-refractivity contribution in [2.75, 3.05) is 0 Å². The summed E-state index contributed by atoms with van der Waals surface area (Å²) in [5.74, 6) is -0.227. The van der Waals surface area contributed by atoms with E-state index in [1.807, 2.05) is 6.08 Å². The van der Waals surface area contributed by atoms with Gasteiger partial charge in [0.15, 0.2) is 0 Å². The summed E-state index contributed by atoms with van der Waals surface area (Å²) in [6, 6.07) is 4.28. The molecule has 1 fully saturated rings.